The van der Waals surface area contributed by atoms with Gasteiger partial charge in [-0.2, -0.15) is 0 Å². The van der Waals surface area contributed by atoms with Crippen LogP contribution in [-0.4, -0.2) is 30.3 Å². The number of carbonyl (C=O) groups is 1. The Morgan fingerprint density at radius 1 is 1.35 bits per heavy atom. The molecule has 3 atom stereocenters. The van der Waals surface area contributed by atoms with Crippen molar-refractivity contribution < 1.29 is 14.6 Å². The van der Waals surface area contributed by atoms with Gasteiger partial charge in [-0.25, -0.2) is 0 Å². The summed E-state index contributed by atoms with van der Waals surface area (Å²) in [6.45, 7) is 0.605. The minimum absolute atomic E-state index is 0.0600. The van der Waals surface area contributed by atoms with E-state index in [-0.39, 0.29) is 30.4 Å². The average molecular weight is 275 g/mol. The SMILES string of the molecule is O=C(NC1CCCC1CO)C1COc2ccccc2C1. The topological polar surface area (TPSA) is 58.6 Å². The van der Waals surface area contributed by atoms with Crippen LogP contribution in [0.2, 0.25) is 0 Å². The monoisotopic (exact) mass is 275 g/mol. The molecule has 0 spiro atoms. The molecule has 1 aromatic carbocycles. The van der Waals surface area contributed by atoms with Gasteiger partial charge in [0.25, 0.3) is 0 Å². The van der Waals surface area contributed by atoms with Crippen LogP contribution >= 0.6 is 0 Å². The molecule has 0 radical (unpaired) electrons. The van der Waals surface area contributed by atoms with Crippen molar-refractivity contribution in [2.24, 2.45) is 11.8 Å². The summed E-state index contributed by atoms with van der Waals surface area (Å²) in [4.78, 5) is 12.4. The third-order valence-electron chi connectivity index (χ3n) is 4.47. The van der Waals surface area contributed by atoms with Gasteiger partial charge in [0.15, 0.2) is 0 Å². The first-order chi connectivity index (χ1) is 9.78. The van der Waals surface area contributed by atoms with E-state index in [1.165, 1.54) is 0 Å². The fraction of sp³-hybridized carbons (Fsp3) is 0.562. The number of rotatable bonds is 3. The summed E-state index contributed by atoms with van der Waals surface area (Å²) >= 11 is 0. The van der Waals surface area contributed by atoms with Crippen molar-refractivity contribution in [2.45, 2.75) is 31.7 Å². The van der Waals surface area contributed by atoms with E-state index in [1.54, 1.807) is 0 Å². The molecular formula is C16H21NO3. The van der Waals surface area contributed by atoms with Gasteiger partial charge < -0.3 is 15.2 Å². The summed E-state index contributed by atoms with van der Waals surface area (Å²) in [7, 11) is 0. The van der Waals surface area contributed by atoms with E-state index in [0.717, 1.165) is 37.0 Å². The number of para-hydroxylation sites is 1. The van der Waals surface area contributed by atoms with Crippen molar-refractivity contribution in [2.75, 3.05) is 13.2 Å². The maximum atomic E-state index is 12.4. The molecule has 0 saturated heterocycles. The van der Waals surface area contributed by atoms with Crippen LogP contribution in [0.1, 0.15) is 24.8 Å². The molecule has 1 heterocycles. The molecular weight excluding hydrogens is 254 g/mol. The Morgan fingerprint density at radius 2 is 2.20 bits per heavy atom. The Morgan fingerprint density at radius 3 is 3.05 bits per heavy atom. The molecule has 4 nitrogen and oxygen atoms in total. The first kappa shape index (κ1) is 13.4. The van der Waals surface area contributed by atoms with Crippen LogP contribution in [0.3, 0.4) is 0 Å². The Hall–Kier alpha value is -1.55. The van der Waals surface area contributed by atoms with E-state index in [9.17, 15) is 9.90 Å². The lowest BCUT2D eigenvalue weighted by molar-refractivity contribution is -0.127. The number of amides is 1. The number of aliphatic hydroxyl groups is 1. The Bertz CT molecular complexity index is 488. The molecule has 1 aliphatic carbocycles. The smallest absolute Gasteiger partial charge is 0.227 e. The highest BCUT2D eigenvalue weighted by Gasteiger charge is 2.32. The third-order valence-corrected chi connectivity index (χ3v) is 4.47. The van der Waals surface area contributed by atoms with E-state index in [4.69, 9.17) is 4.74 Å². The minimum atomic E-state index is -0.121. The van der Waals surface area contributed by atoms with E-state index in [2.05, 4.69) is 5.32 Å². The van der Waals surface area contributed by atoms with Gasteiger partial charge in [-0.1, -0.05) is 24.6 Å². The summed E-state index contributed by atoms with van der Waals surface area (Å²) in [5.74, 6) is 1.05. The van der Waals surface area contributed by atoms with Crippen LogP contribution in [0.25, 0.3) is 0 Å². The van der Waals surface area contributed by atoms with Crippen molar-refractivity contribution in [1.82, 2.24) is 5.32 Å². The molecule has 1 aromatic rings. The Balaban J connectivity index is 1.61. The van der Waals surface area contributed by atoms with Crippen molar-refractivity contribution >= 4 is 5.91 Å². The summed E-state index contributed by atoms with van der Waals surface area (Å²) in [6, 6.07) is 8.01. The molecule has 20 heavy (non-hydrogen) atoms. The molecule has 2 N–H and O–H groups in total. The van der Waals surface area contributed by atoms with Crippen LogP contribution < -0.4 is 10.1 Å². The first-order valence-electron chi connectivity index (χ1n) is 7.40. The quantitative estimate of drug-likeness (QED) is 0.879. The van der Waals surface area contributed by atoms with Crippen LogP contribution in [-0.2, 0) is 11.2 Å². The fourth-order valence-electron chi connectivity index (χ4n) is 3.24. The highest BCUT2D eigenvalue weighted by Crippen LogP contribution is 2.28. The van der Waals surface area contributed by atoms with Gasteiger partial charge in [0.1, 0.15) is 12.4 Å². The number of benzene rings is 1. The summed E-state index contributed by atoms with van der Waals surface area (Å²) in [5.41, 5.74) is 1.10. The van der Waals surface area contributed by atoms with Gasteiger partial charge >= 0.3 is 0 Å². The van der Waals surface area contributed by atoms with Gasteiger partial charge in [0.2, 0.25) is 5.91 Å². The maximum Gasteiger partial charge on any atom is 0.227 e. The lowest BCUT2D eigenvalue weighted by Gasteiger charge is -2.27. The second-order valence-electron chi connectivity index (χ2n) is 5.81. The van der Waals surface area contributed by atoms with Crippen molar-refractivity contribution in [3.8, 4) is 5.75 Å². The van der Waals surface area contributed by atoms with Crippen LogP contribution in [0.4, 0.5) is 0 Å². The number of fused-ring (bicyclic) bond motifs is 1. The Labute approximate surface area is 119 Å². The molecule has 108 valence electrons. The lowest BCUT2D eigenvalue weighted by Crippen LogP contribution is -2.44. The van der Waals surface area contributed by atoms with Crippen molar-refractivity contribution in [3.05, 3.63) is 29.8 Å². The van der Waals surface area contributed by atoms with Crippen molar-refractivity contribution in [1.29, 1.82) is 0 Å². The van der Waals surface area contributed by atoms with Gasteiger partial charge in [0.05, 0.1) is 5.92 Å². The normalized spacial score (nSPS) is 28.6. The molecule has 4 heteroatoms. The highest BCUT2D eigenvalue weighted by molar-refractivity contribution is 5.80. The fourth-order valence-corrected chi connectivity index (χ4v) is 3.24. The number of hydrogen-bond donors (Lipinski definition) is 2. The zero-order valence-electron chi connectivity index (χ0n) is 11.5. The third kappa shape index (κ3) is 2.66. The minimum Gasteiger partial charge on any atom is -0.492 e. The van der Waals surface area contributed by atoms with Gasteiger partial charge in [0, 0.05) is 18.6 Å². The number of aliphatic hydroxyl groups excluding tert-OH is 1. The number of carbonyl (C=O) groups excluding carboxylic acids is 1. The Kier molecular flexibility index (Phi) is 3.92. The molecule has 1 fully saturated rings. The lowest BCUT2D eigenvalue weighted by atomic mass is 9.95. The highest BCUT2D eigenvalue weighted by atomic mass is 16.5. The second-order valence-corrected chi connectivity index (χ2v) is 5.81. The molecule has 0 aromatic heterocycles. The molecule has 1 aliphatic heterocycles. The van der Waals surface area contributed by atoms with Crippen LogP contribution in [0, 0.1) is 11.8 Å². The van der Waals surface area contributed by atoms with Crippen LogP contribution in [0.15, 0.2) is 24.3 Å². The van der Waals surface area contributed by atoms with Gasteiger partial charge in [-0.3, -0.25) is 4.79 Å². The summed E-state index contributed by atoms with van der Waals surface area (Å²) in [5, 5.41) is 12.4. The standard InChI is InChI=1S/C16H21NO3/c18-9-12-5-3-6-14(12)17-16(19)13-8-11-4-1-2-7-15(11)20-10-13/h1-2,4,7,12-14,18H,3,5-6,8-10H2,(H,17,19). The zero-order chi connectivity index (χ0) is 13.9. The van der Waals surface area contributed by atoms with E-state index in [0.29, 0.717) is 6.61 Å². The summed E-state index contributed by atoms with van der Waals surface area (Å²) < 4.78 is 5.66. The van der Waals surface area contributed by atoms with Gasteiger partial charge in [-0.05, 0) is 30.9 Å². The average Bonchev–Trinajstić information content (AvgIpc) is 2.94. The predicted octanol–water partition coefficient (Wildman–Crippen LogP) is 1.51. The molecule has 1 amide bonds. The zero-order valence-corrected chi connectivity index (χ0v) is 11.5. The van der Waals surface area contributed by atoms with Crippen molar-refractivity contribution in [3.63, 3.8) is 0 Å². The number of hydrogen-bond acceptors (Lipinski definition) is 3. The van der Waals surface area contributed by atoms with Crippen LogP contribution in [0.5, 0.6) is 5.75 Å². The molecule has 1 saturated carbocycles. The maximum absolute atomic E-state index is 12.4. The van der Waals surface area contributed by atoms with Gasteiger partial charge in [-0.15, -0.1) is 0 Å². The molecule has 3 unspecified atom stereocenters. The van der Waals surface area contributed by atoms with E-state index in [1.807, 2.05) is 24.3 Å². The molecule has 0 bridgehead atoms. The van der Waals surface area contributed by atoms with E-state index >= 15 is 0 Å². The summed E-state index contributed by atoms with van der Waals surface area (Å²) in [6.07, 6.45) is 3.80. The molecule has 2 aliphatic rings. The first-order valence-corrected chi connectivity index (χ1v) is 7.40. The molecule has 3 rings (SSSR count). The largest absolute Gasteiger partial charge is 0.492 e. The second kappa shape index (κ2) is 5.83. The van der Waals surface area contributed by atoms with E-state index < -0.39 is 0 Å². The number of nitrogens with one attached hydrogen (secondary N) is 1. The predicted molar refractivity (Wildman–Crippen MR) is 75.5 cm³/mol. The number of ether oxygens (including phenoxy) is 1.